The summed E-state index contributed by atoms with van der Waals surface area (Å²) in [7, 11) is 0. The molecule has 49 heavy (non-hydrogen) atoms. The van der Waals surface area contributed by atoms with Crippen LogP contribution in [0, 0.1) is 11.8 Å². The summed E-state index contributed by atoms with van der Waals surface area (Å²) in [6, 6.07) is 24.6. The molecule has 0 aromatic heterocycles. The monoisotopic (exact) mass is 661 g/mol. The summed E-state index contributed by atoms with van der Waals surface area (Å²) in [4.78, 5) is 45.8. The van der Waals surface area contributed by atoms with Gasteiger partial charge < -0.3 is 19.7 Å². The number of hydrogen-bond donors (Lipinski definition) is 1. The molecule has 1 aliphatic heterocycles. The standard InChI is InChI=1S/C37H39N3O4.C3H6.C2H6/c1-5-13-28(14-6-2)34-32-19-10-11-20-33(32)40(25-27-15-12-18-31(24-27)44-30-16-8-7-9-17-30)37(43)35(38-34)39-36(42)29(21-22-41)23-26(3)4;1-3-2;1-2/h5-20,22,24,26,29,35H,1,21,23,25H2,2-4H3,(H,39,42);3H,1H2,2H3;1-2H3/b14-6-,28-13+;;. The Morgan fingerprint density at radius 1 is 0.980 bits per heavy atom. The maximum atomic E-state index is 14.4. The Hall–Kier alpha value is -5.30. The second-order valence-corrected chi connectivity index (χ2v) is 11.4. The van der Waals surface area contributed by atoms with Gasteiger partial charge in [0.05, 0.1) is 17.9 Å². The lowest BCUT2D eigenvalue weighted by Crippen LogP contribution is -2.49. The van der Waals surface area contributed by atoms with Crippen LogP contribution in [0.25, 0.3) is 0 Å². The van der Waals surface area contributed by atoms with E-state index in [0.717, 1.165) is 23.0 Å². The first-order valence-electron chi connectivity index (χ1n) is 16.8. The number of allylic oxidation sites excluding steroid dienone is 6. The van der Waals surface area contributed by atoms with E-state index in [1.165, 1.54) is 0 Å². The summed E-state index contributed by atoms with van der Waals surface area (Å²) >= 11 is 0. The summed E-state index contributed by atoms with van der Waals surface area (Å²) in [5, 5.41) is 2.88. The summed E-state index contributed by atoms with van der Waals surface area (Å²) < 4.78 is 6.05. The van der Waals surface area contributed by atoms with E-state index in [4.69, 9.17) is 9.73 Å². The van der Waals surface area contributed by atoms with Gasteiger partial charge in [0, 0.05) is 23.5 Å². The minimum absolute atomic E-state index is 0.0693. The molecule has 0 radical (unpaired) electrons. The third-order valence-corrected chi connectivity index (χ3v) is 7.13. The Morgan fingerprint density at radius 2 is 1.63 bits per heavy atom. The van der Waals surface area contributed by atoms with Gasteiger partial charge in [-0.3, -0.25) is 9.59 Å². The van der Waals surface area contributed by atoms with Crippen LogP contribution in [0.5, 0.6) is 11.5 Å². The number of carbonyl (C=O) groups is 3. The van der Waals surface area contributed by atoms with E-state index in [1.807, 2.05) is 139 Å². The Morgan fingerprint density at radius 3 is 2.27 bits per heavy atom. The molecular formula is C42H51N3O4. The second-order valence-electron chi connectivity index (χ2n) is 11.4. The van der Waals surface area contributed by atoms with Crippen LogP contribution in [0.15, 0.2) is 133 Å². The molecule has 0 spiro atoms. The van der Waals surface area contributed by atoms with Crippen LogP contribution in [0.1, 0.15) is 65.5 Å². The van der Waals surface area contributed by atoms with Gasteiger partial charge >= 0.3 is 0 Å². The topological polar surface area (TPSA) is 88.1 Å². The zero-order chi connectivity index (χ0) is 36.2. The van der Waals surface area contributed by atoms with Gasteiger partial charge in [0.15, 0.2) is 0 Å². The van der Waals surface area contributed by atoms with Crippen LogP contribution < -0.4 is 15.0 Å². The average Bonchev–Trinajstić information content (AvgIpc) is 3.20. The largest absolute Gasteiger partial charge is 0.457 e. The Balaban J connectivity index is 0.00000158. The lowest BCUT2D eigenvalue weighted by atomic mass is 9.94. The smallest absolute Gasteiger partial charge is 0.272 e. The number of carbonyl (C=O) groups excluding carboxylic acids is 3. The molecule has 4 rings (SSSR count). The van der Waals surface area contributed by atoms with Crippen molar-refractivity contribution in [1.82, 2.24) is 5.32 Å². The molecule has 7 heteroatoms. The molecule has 1 N–H and O–H groups in total. The number of anilines is 1. The molecule has 1 heterocycles. The van der Waals surface area contributed by atoms with Gasteiger partial charge in [-0.25, -0.2) is 4.99 Å². The highest BCUT2D eigenvalue weighted by atomic mass is 16.5. The van der Waals surface area contributed by atoms with Crippen molar-refractivity contribution in [2.75, 3.05) is 4.90 Å². The third-order valence-electron chi connectivity index (χ3n) is 7.13. The van der Waals surface area contributed by atoms with Crippen LogP contribution >= 0.6 is 0 Å². The molecule has 2 unspecified atom stereocenters. The lowest BCUT2D eigenvalue weighted by Gasteiger charge is -2.26. The van der Waals surface area contributed by atoms with Gasteiger partial charge in [-0.15, -0.1) is 6.58 Å². The van der Waals surface area contributed by atoms with Crippen molar-refractivity contribution in [3.05, 3.63) is 139 Å². The highest BCUT2D eigenvalue weighted by molar-refractivity contribution is 6.21. The number of aldehydes is 1. The molecule has 0 bridgehead atoms. The fourth-order valence-corrected chi connectivity index (χ4v) is 5.20. The van der Waals surface area contributed by atoms with Crippen LogP contribution in [-0.4, -0.2) is 30.0 Å². The lowest BCUT2D eigenvalue weighted by molar-refractivity contribution is -0.131. The number of para-hydroxylation sites is 2. The van der Waals surface area contributed by atoms with Crippen LogP contribution in [0.2, 0.25) is 0 Å². The Labute approximate surface area is 292 Å². The number of benzene rings is 3. The summed E-state index contributed by atoms with van der Waals surface area (Å²) in [6.45, 7) is 19.2. The van der Waals surface area contributed by atoms with Crippen molar-refractivity contribution in [2.24, 2.45) is 16.8 Å². The first-order chi connectivity index (χ1) is 23.8. The quantitative estimate of drug-likeness (QED) is 0.112. The molecule has 3 aromatic carbocycles. The average molecular weight is 662 g/mol. The number of aliphatic imine (C=N–C) groups is 1. The third kappa shape index (κ3) is 12.0. The van der Waals surface area contributed by atoms with Crippen molar-refractivity contribution >= 4 is 29.5 Å². The Bertz CT molecular complexity index is 1620. The number of ether oxygens (including phenoxy) is 1. The fourth-order valence-electron chi connectivity index (χ4n) is 5.20. The van der Waals surface area contributed by atoms with E-state index in [2.05, 4.69) is 18.5 Å². The maximum absolute atomic E-state index is 14.4. The van der Waals surface area contributed by atoms with Gasteiger partial charge in [0.1, 0.15) is 17.8 Å². The van der Waals surface area contributed by atoms with E-state index >= 15 is 0 Å². The number of nitrogens with one attached hydrogen (secondary N) is 1. The fraction of sp³-hybridized carbons (Fsp3) is 0.286. The summed E-state index contributed by atoms with van der Waals surface area (Å²) in [5.41, 5.74) is 3.54. The number of hydrogen-bond acceptors (Lipinski definition) is 5. The predicted octanol–water partition coefficient (Wildman–Crippen LogP) is 9.42. The molecule has 0 aliphatic carbocycles. The molecule has 7 nitrogen and oxygen atoms in total. The predicted molar refractivity (Wildman–Crippen MR) is 203 cm³/mol. The molecule has 3 aromatic rings. The van der Waals surface area contributed by atoms with E-state index in [0.29, 0.717) is 29.3 Å². The van der Waals surface area contributed by atoms with E-state index in [9.17, 15) is 14.4 Å². The van der Waals surface area contributed by atoms with Crippen molar-refractivity contribution in [1.29, 1.82) is 0 Å². The molecule has 0 saturated heterocycles. The van der Waals surface area contributed by atoms with Gasteiger partial charge in [-0.05, 0) is 62.1 Å². The molecule has 1 aliphatic rings. The number of rotatable bonds is 13. The molecule has 0 fully saturated rings. The van der Waals surface area contributed by atoms with Crippen LogP contribution in [0.4, 0.5) is 5.69 Å². The molecule has 258 valence electrons. The van der Waals surface area contributed by atoms with Gasteiger partial charge in [-0.1, -0.05) is 113 Å². The minimum atomic E-state index is -1.21. The highest BCUT2D eigenvalue weighted by Crippen LogP contribution is 2.31. The summed E-state index contributed by atoms with van der Waals surface area (Å²) in [6.07, 6.45) is 9.15. The SMILES string of the molecule is C=C/C=C(\C=C/C)C1=NC(NC(=O)C(CC=O)CC(C)C)C(=O)N(Cc2cccc(Oc3ccccc3)c2)c2ccccc21.C=CC.CC. The van der Waals surface area contributed by atoms with E-state index in [-0.39, 0.29) is 30.7 Å². The molecule has 0 saturated carbocycles. The highest BCUT2D eigenvalue weighted by Gasteiger charge is 2.34. The van der Waals surface area contributed by atoms with Crippen molar-refractivity contribution < 1.29 is 19.1 Å². The molecular weight excluding hydrogens is 610 g/mol. The molecule has 2 amide bonds. The first-order valence-corrected chi connectivity index (χ1v) is 16.8. The van der Waals surface area contributed by atoms with Gasteiger partial charge in [0.25, 0.3) is 5.91 Å². The second kappa shape index (κ2) is 21.5. The maximum Gasteiger partial charge on any atom is 0.272 e. The molecule has 2 atom stereocenters. The Kier molecular flexibility index (Phi) is 17.5. The zero-order valence-electron chi connectivity index (χ0n) is 29.8. The van der Waals surface area contributed by atoms with Crippen molar-refractivity contribution in [3.8, 4) is 11.5 Å². The summed E-state index contributed by atoms with van der Waals surface area (Å²) in [5.74, 6) is 0.208. The first kappa shape index (κ1) is 39.9. The van der Waals surface area contributed by atoms with Crippen molar-refractivity contribution in [3.63, 3.8) is 0 Å². The number of benzodiazepines with no additional fused rings is 1. The normalized spacial score (nSPS) is 14.6. The van der Waals surface area contributed by atoms with Crippen LogP contribution in [0.3, 0.4) is 0 Å². The van der Waals surface area contributed by atoms with E-state index in [1.54, 1.807) is 17.1 Å². The van der Waals surface area contributed by atoms with Crippen LogP contribution in [-0.2, 0) is 20.9 Å². The minimum Gasteiger partial charge on any atom is -0.457 e. The zero-order valence-corrected chi connectivity index (χ0v) is 29.8. The van der Waals surface area contributed by atoms with E-state index < -0.39 is 12.1 Å². The van der Waals surface area contributed by atoms with Gasteiger partial charge in [-0.2, -0.15) is 0 Å². The number of nitrogens with zero attached hydrogens (tertiary/aromatic N) is 2. The van der Waals surface area contributed by atoms with Gasteiger partial charge in [0.2, 0.25) is 12.1 Å². The number of fused-ring (bicyclic) bond motifs is 1. The van der Waals surface area contributed by atoms with Crippen molar-refractivity contribution in [2.45, 2.75) is 67.1 Å². The number of amides is 2.